The van der Waals surface area contributed by atoms with Crippen LogP contribution in [0.3, 0.4) is 0 Å². The van der Waals surface area contributed by atoms with Crippen molar-refractivity contribution in [2.75, 3.05) is 0 Å². The van der Waals surface area contributed by atoms with Crippen molar-refractivity contribution in [3.63, 3.8) is 0 Å². The van der Waals surface area contributed by atoms with Gasteiger partial charge in [-0.05, 0) is 42.5 Å². The number of rotatable bonds is 5. The van der Waals surface area contributed by atoms with Crippen LogP contribution in [-0.2, 0) is 5.75 Å². The maximum Gasteiger partial charge on any atom is 0.205 e. The number of oxazole rings is 1. The Morgan fingerprint density at radius 3 is 2.81 bits per heavy atom. The quantitative estimate of drug-likeness (QED) is 0.451. The first-order valence-corrected chi connectivity index (χ1v) is 9.05. The molecule has 0 unspecified atom stereocenters. The zero-order chi connectivity index (χ0) is 17.9. The lowest BCUT2D eigenvalue weighted by Crippen LogP contribution is -1.95. The third-order valence-electron chi connectivity index (χ3n) is 3.61. The lowest BCUT2D eigenvalue weighted by Gasteiger charge is -2.05. The molecule has 2 heterocycles. The van der Waals surface area contributed by atoms with Gasteiger partial charge in [0.15, 0.2) is 10.9 Å². The molecule has 0 N–H and O–H groups in total. The molecule has 0 bridgehead atoms. The van der Waals surface area contributed by atoms with Crippen LogP contribution in [0.2, 0.25) is 5.02 Å². The lowest BCUT2D eigenvalue weighted by molar-refractivity contribution is 0.529. The van der Waals surface area contributed by atoms with Gasteiger partial charge in [0.25, 0.3) is 0 Å². The van der Waals surface area contributed by atoms with Crippen LogP contribution in [0.25, 0.3) is 17.0 Å². The van der Waals surface area contributed by atoms with E-state index in [9.17, 15) is 4.39 Å². The second kappa shape index (κ2) is 7.31. The highest BCUT2D eigenvalue weighted by Crippen LogP contribution is 2.27. The van der Waals surface area contributed by atoms with Crippen molar-refractivity contribution in [2.45, 2.75) is 10.9 Å². The highest BCUT2D eigenvalue weighted by molar-refractivity contribution is 7.98. The van der Waals surface area contributed by atoms with Gasteiger partial charge < -0.3 is 4.42 Å². The average Bonchev–Trinajstić information content (AvgIpc) is 3.30. The Hall–Kier alpha value is -2.64. The van der Waals surface area contributed by atoms with Gasteiger partial charge >= 0.3 is 0 Å². The van der Waals surface area contributed by atoms with Crippen molar-refractivity contribution in [1.29, 1.82) is 0 Å². The first kappa shape index (κ1) is 16.8. The van der Waals surface area contributed by atoms with Crippen molar-refractivity contribution in [3.05, 3.63) is 77.8 Å². The standard InChI is InChI=1S/C18H12ClFN4OS/c19-13-2-1-3-15(8-13)24-11-22-23-18(24)26-10-17-21-9-16(25-17)12-4-6-14(20)7-5-12/h1-9,11H,10H2. The summed E-state index contributed by atoms with van der Waals surface area (Å²) in [6.07, 6.45) is 3.26. The fraction of sp³-hybridized carbons (Fsp3) is 0.0556. The molecule has 5 nitrogen and oxygen atoms in total. The summed E-state index contributed by atoms with van der Waals surface area (Å²) in [5, 5.41) is 9.44. The largest absolute Gasteiger partial charge is 0.440 e. The van der Waals surface area contributed by atoms with Crippen molar-refractivity contribution >= 4 is 23.4 Å². The zero-order valence-corrected chi connectivity index (χ0v) is 14.9. The van der Waals surface area contributed by atoms with E-state index in [0.29, 0.717) is 27.6 Å². The van der Waals surface area contributed by atoms with Gasteiger partial charge in [0, 0.05) is 10.6 Å². The highest BCUT2D eigenvalue weighted by Gasteiger charge is 2.11. The van der Waals surface area contributed by atoms with Crippen LogP contribution in [0, 0.1) is 5.82 Å². The lowest BCUT2D eigenvalue weighted by atomic mass is 10.2. The number of thioether (sulfide) groups is 1. The van der Waals surface area contributed by atoms with Gasteiger partial charge in [-0.1, -0.05) is 29.4 Å². The summed E-state index contributed by atoms with van der Waals surface area (Å²) in [5.74, 6) is 1.34. The molecule has 0 fully saturated rings. The van der Waals surface area contributed by atoms with E-state index in [4.69, 9.17) is 16.0 Å². The molecular weight excluding hydrogens is 375 g/mol. The van der Waals surface area contributed by atoms with Crippen LogP contribution >= 0.6 is 23.4 Å². The molecule has 8 heteroatoms. The van der Waals surface area contributed by atoms with Crippen LogP contribution in [-0.4, -0.2) is 19.7 Å². The minimum atomic E-state index is -0.288. The van der Waals surface area contributed by atoms with Crippen LogP contribution < -0.4 is 0 Å². The normalized spacial score (nSPS) is 11.0. The summed E-state index contributed by atoms with van der Waals surface area (Å²) >= 11 is 7.50. The van der Waals surface area contributed by atoms with Gasteiger partial charge in [-0.3, -0.25) is 4.57 Å². The van der Waals surface area contributed by atoms with E-state index in [1.165, 1.54) is 23.9 Å². The van der Waals surface area contributed by atoms with Gasteiger partial charge in [-0.2, -0.15) is 0 Å². The minimum Gasteiger partial charge on any atom is -0.440 e. The molecule has 2 aromatic heterocycles. The molecular formula is C18H12ClFN4OS. The molecule has 0 saturated heterocycles. The predicted molar refractivity (Wildman–Crippen MR) is 97.8 cm³/mol. The van der Waals surface area contributed by atoms with Gasteiger partial charge in [-0.15, -0.1) is 10.2 Å². The SMILES string of the molecule is Fc1ccc(-c2cnc(CSc3nncn3-c3cccc(Cl)c3)o2)cc1. The molecule has 0 aliphatic rings. The topological polar surface area (TPSA) is 56.7 Å². The van der Waals surface area contributed by atoms with Crippen LogP contribution in [0.4, 0.5) is 4.39 Å². The Morgan fingerprint density at radius 2 is 2.00 bits per heavy atom. The molecule has 0 aliphatic carbocycles. The highest BCUT2D eigenvalue weighted by atomic mass is 35.5. The van der Waals surface area contributed by atoms with E-state index in [1.54, 1.807) is 24.7 Å². The first-order chi connectivity index (χ1) is 12.7. The van der Waals surface area contributed by atoms with Crippen LogP contribution in [0.15, 0.2) is 70.6 Å². The maximum absolute atomic E-state index is 13.0. The Balaban J connectivity index is 1.49. The number of benzene rings is 2. The second-order valence-electron chi connectivity index (χ2n) is 5.38. The molecule has 4 rings (SSSR count). The monoisotopic (exact) mass is 386 g/mol. The average molecular weight is 387 g/mol. The number of hydrogen-bond donors (Lipinski definition) is 0. The summed E-state index contributed by atoms with van der Waals surface area (Å²) in [7, 11) is 0. The fourth-order valence-corrected chi connectivity index (χ4v) is 3.34. The second-order valence-corrected chi connectivity index (χ2v) is 6.76. The van der Waals surface area contributed by atoms with E-state index in [2.05, 4.69) is 15.2 Å². The summed E-state index contributed by atoms with van der Waals surface area (Å²) in [4.78, 5) is 4.27. The van der Waals surface area contributed by atoms with Gasteiger partial charge in [0.05, 0.1) is 17.6 Å². The van der Waals surface area contributed by atoms with Crippen molar-refractivity contribution < 1.29 is 8.81 Å². The predicted octanol–water partition coefficient (Wildman–Crippen LogP) is 5.01. The maximum atomic E-state index is 13.0. The van der Waals surface area contributed by atoms with E-state index in [1.807, 2.05) is 28.8 Å². The van der Waals surface area contributed by atoms with E-state index < -0.39 is 0 Å². The Bertz CT molecular complexity index is 1030. The first-order valence-electron chi connectivity index (χ1n) is 7.68. The summed E-state index contributed by atoms with van der Waals surface area (Å²) < 4.78 is 20.6. The third-order valence-corrected chi connectivity index (χ3v) is 4.77. The van der Waals surface area contributed by atoms with Gasteiger partial charge in [0.1, 0.15) is 12.1 Å². The van der Waals surface area contributed by atoms with E-state index in [-0.39, 0.29) is 5.82 Å². The van der Waals surface area contributed by atoms with Crippen LogP contribution in [0.5, 0.6) is 0 Å². The Labute approximate surface area is 157 Å². The zero-order valence-electron chi connectivity index (χ0n) is 13.3. The smallest absolute Gasteiger partial charge is 0.205 e. The van der Waals surface area contributed by atoms with Crippen molar-refractivity contribution in [1.82, 2.24) is 19.7 Å². The molecule has 4 aromatic rings. The van der Waals surface area contributed by atoms with Crippen LogP contribution in [0.1, 0.15) is 5.89 Å². The summed E-state index contributed by atoms with van der Waals surface area (Å²) in [5.41, 5.74) is 1.65. The molecule has 130 valence electrons. The molecule has 0 saturated carbocycles. The molecule has 0 atom stereocenters. The van der Waals surface area contributed by atoms with Crippen molar-refractivity contribution in [2.24, 2.45) is 0 Å². The number of nitrogens with zero attached hydrogens (tertiary/aromatic N) is 4. The molecule has 2 aromatic carbocycles. The van der Waals surface area contributed by atoms with Gasteiger partial charge in [-0.25, -0.2) is 9.37 Å². The molecule has 0 amide bonds. The minimum absolute atomic E-state index is 0.288. The Morgan fingerprint density at radius 1 is 1.15 bits per heavy atom. The molecule has 0 aliphatic heterocycles. The van der Waals surface area contributed by atoms with E-state index in [0.717, 1.165) is 11.3 Å². The molecule has 0 radical (unpaired) electrons. The van der Waals surface area contributed by atoms with E-state index >= 15 is 0 Å². The molecule has 0 spiro atoms. The number of hydrogen-bond acceptors (Lipinski definition) is 5. The fourth-order valence-electron chi connectivity index (χ4n) is 2.38. The van der Waals surface area contributed by atoms with Gasteiger partial charge in [0.2, 0.25) is 5.89 Å². The van der Waals surface area contributed by atoms with Crippen molar-refractivity contribution in [3.8, 4) is 17.0 Å². The summed E-state index contributed by atoms with van der Waals surface area (Å²) in [6.45, 7) is 0. The Kier molecular flexibility index (Phi) is 4.73. The summed E-state index contributed by atoms with van der Waals surface area (Å²) in [6, 6.07) is 13.5. The molecule has 26 heavy (non-hydrogen) atoms. The number of aromatic nitrogens is 4. The number of halogens is 2. The third kappa shape index (κ3) is 3.63.